The largest absolute Gasteiger partial charge is 0.385 e. The molecule has 0 bridgehead atoms. The molecule has 16 heavy (non-hydrogen) atoms. The zero-order valence-electron chi connectivity index (χ0n) is 9.73. The van der Waals surface area contributed by atoms with E-state index in [9.17, 15) is 4.79 Å². The fraction of sp³-hybridized carbons (Fsp3) is 0.455. The molecular formula is C11H18N4O. The van der Waals surface area contributed by atoms with Crippen LogP contribution in [0.15, 0.2) is 18.3 Å². The van der Waals surface area contributed by atoms with E-state index in [4.69, 9.17) is 5.73 Å². The molecule has 0 aliphatic rings. The molecule has 0 spiro atoms. The van der Waals surface area contributed by atoms with Gasteiger partial charge >= 0.3 is 0 Å². The number of nitrogens with zero attached hydrogens (tertiary/aromatic N) is 2. The van der Waals surface area contributed by atoms with Gasteiger partial charge in [0.1, 0.15) is 0 Å². The third-order valence-electron chi connectivity index (χ3n) is 2.06. The maximum absolute atomic E-state index is 10.7. The summed E-state index contributed by atoms with van der Waals surface area (Å²) in [7, 11) is 1.84. The fourth-order valence-electron chi connectivity index (χ4n) is 1.48. The van der Waals surface area contributed by atoms with Crippen LogP contribution in [0.25, 0.3) is 0 Å². The van der Waals surface area contributed by atoms with Crippen LogP contribution in [0.1, 0.15) is 12.6 Å². The second-order valence-electron chi connectivity index (χ2n) is 3.70. The number of anilines is 1. The van der Waals surface area contributed by atoms with E-state index in [1.165, 1.54) is 0 Å². The summed E-state index contributed by atoms with van der Waals surface area (Å²) in [6, 6.07) is 3.89. The number of carbonyl (C=O) groups is 1. The predicted molar refractivity (Wildman–Crippen MR) is 63.9 cm³/mol. The van der Waals surface area contributed by atoms with Gasteiger partial charge in [-0.2, -0.15) is 0 Å². The van der Waals surface area contributed by atoms with Crippen LogP contribution in [-0.4, -0.2) is 35.9 Å². The van der Waals surface area contributed by atoms with Gasteiger partial charge < -0.3 is 11.1 Å². The SMILES string of the molecule is CCNc1ccnc(CN(C)CC(N)=O)c1. The van der Waals surface area contributed by atoms with Gasteiger partial charge in [0.2, 0.25) is 5.91 Å². The summed E-state index contributed by atoms with van der Waals surface area (Å²) in [5.74, 6) is -0.328. The van der Waals surface area contributed by atoms with E-state index in [1.807, 2.05) is 31.0 Å². The summed E-state index contributed by atoms with van der Waals surface area (Å²) in [6.07, 6.45) is 1.76. The average molecular weight is 222 g/mol. The van der Waals surface area contributed by atoms with Gasteiger partial charge in [-0.3, -0.25) is 14.7 Å². The van der Waals surface area contributed by atoms with E-state index in [0.717, 1.165) is 17.9 Å². The first kappa shape index (κ1) is 12.4. The van der Waals surface area contributed by atoms with Crippen molar-refractivity contribution < 1.29 is 4.79 Å². The Balaban J connectivity index is 2.59. The minimum Gasteiger partial charge on any atom is -0.385 e. The molecule has 1 rings (SSSR count). The molecule has 0 aliphatic carbocycles. The summed E-state index contributed by atoms with van der Waals surface area (Å²) < 4.78 is 0. The monoisotopic (exact) mass is 222 g/mol. The topological polar surface area (TPSA) is 71.2 Å². The van der Waals surface area contributed by atoms with Crippen molar-refractivity contribution in [3.8, 4) is 0 Å². The molecule has 0 saturated carbocycles. The van der Waals surface area contributed by atoms with Crippen molar-refractivity contribution >= 4 is 11.6 Å². The molecule has 5 nitrogen and oxygen atoms in total. The van der Waals surface area contributed by atoms with E-state index in [0.29, 0.717) is 6.54 Å². The van der Waals surface area contributed by atoms with Gasteiger partial charge in [0, 0.05) is 25.0 Å². The van der Waals surface area contributed by atoms with E-state index in [1.54, 1.807) is 6.20 Å². The number of pyridine rings is 1. The number of primary amides is 1. The van der Waals surface area contributed by atoms with Gasteiger partial charge in [-0.15, -0.1) is 0 Å². The first-order valence-corrected chi connectivity index (χ1v) is 5.27. The highest BCUT2D eigenvalue weighted by atomic mass is 16.1. The van der Waals surface area contributed by atoms with Crippen LogP contribution in [-0.2, 0) is 11.3 Å². The summed E-state index contributed by atoms with van der Waals surface area (Å²) in [4.78, 5) is 16.8. The molecular weight excluding hydrogens is 204 g/mol. The zero-order chi connectivity index (χ0) is 12.0. The van der Waals surface area contributed by atoms with Crippen LogP contribution in [0.4, 0.5) is 5.69 Å². The van der Waals surface area contributed by atoms with Crippen molar-refractivity contribution in [2.45, 2.75) is 13.5 Å². The van der Waals surface area contributed by atoms with Crippen LogP contribution < -0.4 is 11.1 Å². The van der Waals surface area contributed by atoms with Crippen LogP contribution in [0.2, 0.25) is 0 Å². The van der Waals surface area contributed by atoms with Crippen LogP contribution in [0, 0.1) is 0 Å². The molecule has 88 valence electrons. The van der Waals surface area contributed by atoms with Crippen molar-refractivity contribution in [1.82, 2.24) is 9.88 Å². The van der Waals surface area contributed by atoms with Crippen molar-refractivity contribution in [1.29, 1.82) is 0 Å². The van der Waals surface area contributed by atoms with E-state index < -0.39 is 0 Å². The smallest absolute Gasteiger partial charge is 0.231 e. The lowest BCUT2D eigenvalue weighted by Gasteiger charge is -2.14. The molecule has 5 heteroatoms. The standard InChI is InChI=1S/C11H18N4O/c1-3-13-9-4-5-14-10(6-9)7-15(2)8-11(12)16/h4-6H,3,7-8H2,1-2H3,(H2,12,16)(H,13,14). The lowest BCUT2D eigenvalue weighted by Crippen LogP contribution is -2.30. The molecule has 3 N–H and O–H groups in total. The minimum atomic E-state index is -0.328. The first-order chi connectivity index (χ1) is 7.61. The molecule has 0 saturated heterocycles. The lowest BCUT2D eigenvalue weighted by molar-refractivity contribution is -0.118. The Morgan fingerprint density at radius 1 is 1.62 bits per heavy atom. The zero-order valence-corrected chi connectivity index (χ0v) is 9.73. The van der Waals surface area contributed by atoms with Crippen LogP contribution in [0.5, 0.6) is 0 Å². The number of likely N-dealkylation sites (N-methyl/N-ethyl adjacent to an activating group) is 1. The average Bonchev–Trinajstić information content (AvgIpc) is 2.17. The Bertz CT molecular complexity index is 354. The van der Waals surface area contributed by atoms with Gasteiger partial charge in [0.05, 0.1) is 12.2 Å². The Morgan fingerprint density at radius 2 is 2.38 bits per heavy atom. The van der Waals surface area contributed by atoms with Gasteiger partial charge in [0.15, 0.2) is 0 Å². The maximum atomic E-state index is 10.7. The predicted octanol–water partition coefficient (Wildman–Crippen LogP) is 0.431. The summed E-state index contributed by atoms with van der Waals surface area (Å²) in [5, 5.41) is 3.21. The first-order valence-electron chi connectivity index (χ1n) is 5.27. The fourth-order valence-corrected chi connectivity index (χ4v) is 1.48. The molecule has 1 aromatic rings. The minimum absolute atomic E-state index is 0.243. The number of nitrogens with one attached hydrogen (secondary N) is 1. The summed E-state index contributed by atoms with van der Waals surface area (Å²) in [5.41, 5.74) is 7.07. The van der Waals surface area contributed by atoms with E-state index >= 15 is 0 Å². The Labute approximate surface area is 95.7 Å². The van der Waals surface area contributed by atoms with Gasteiger partial charge in [-0.1, -0.05) is 0 Å². The number of amides is 1. The van der Waals surface area contributed by atoms with Gasteiger partial charge in [0.25, 0.3) is 0 Å². The molecule has 1 amide bonds. The Kier molecular flexibility index (Phi) is 4.72. The van der Waals surface area contributed by atoms with Crippen molar-refractivity contribution in [2.75, 3.05) is 25.5 Å². The van der Waals surface area contributed by atoms with E-state index in [-0.39, 0.29) is 12.5 Å². The lowest BCUT2D eigenvalue weighted by atomic mass is 10.3. The van der Waals surface area contributed by atoms with Crippen LogP contribution >= 0.6 is 0 Å². The summed E-state index contributed by atoms with van der Waals surface area (Å²) in [6.45, 7) is 3.77. The second kappa shape index (κ2) is 6.07. The third-order valence-corrected chi connectivity index (χ3v) is 2.06. The highest BCUT2D eigenvalue weighted by molar-refractivity contribution is 5.75. The van der Waals surface area contributed by atoms with Crippen molar-refractivity contribution in [3.05, 3.63) is 24.0 Å². The number of aromatic nitrogens is 1. The number of hydrogen-bond acceptors (Lipinski definition) is 4. The molecule has 0 aliphatic heterocycles. The molecule has 0 fully saturated rings. The van der Waals surface area contributed by atoms with Crippen molar-refractivity contribution in [2.24, 2.45) is 5.73 Å². The number of nitrogens with two attached hydrogens (primary N) is 1. The Morgan fingerprint density at radius 3 is 3.00 bits per heavy atom. The molecule has 0 unspecified atom stereocenters. The highest BCUT2D eigenvalue weighted by Gasteiger charge is 2.04. The van der Waals surface area contributed by atoms with Crippen molar-refractivity contribution in [3.63, 3.8) is 0 Å². The van der Waals surface area contributed by atoms with Gasteiger partial charge in [-0.25, -0.2) is 0 Å². The normalized spacial score (nSPS) is 10.4. The second-order valence-corrected chi connectivity index (χ2v) is 3.70. The number of rotatable bonds is 6. The number of hydrogen-bond donors (Lipinski definition) is 2. The van der Waals surface area contributed by atoms with E-state index in [2.05, 4.69) is 10.3 Å². The van der Waals surface area contributed by atoms with Crippen LogP contribution in [0.3, 0.4) is 0 Å². The van der Waals surface area contributed by atoms with Gasteiger partial charge in [-0.05, 0) is 26.1 Å². The summed E-state index contributed by atoms with van der Waals surface area (Å²) >= 11 is 0. The quantitative estimate of drug-likeness (QED) is 0.732. The molecule has 1 aromatic heterocycles. The number of carbonyl (C=O) groups excluding carboxylic acids is 1. The third kappa shape index (κ3) is 4.27. The molecule has 0 radical (unpaired) electrons. The molecule has 0 atom stereocenters. The molecule has 1 heterocycles. The molecule has 0 aromatic carbocycles. The highest BCUT2D eigenvalue weighted by Crippen LogP contribution is 2.08. The Hall–Kier alpha value is -1.62. The maximum Gasteiger partial charge on any atom is 0.231 e.